The lowest BCUT2D eigenvalue weighted by Crippen LogP contribution is -2.29. The fourth-order valence-corrected chi connectivity index (χ4v) is 6.11. The van der Waals surface area contributed by atoms with Crippen LogP contribution in [0.15, 0.2) is 75.4 Å². The molecule has 0 N–H and O–H groups in total. The van der Waals surface area contributed by atoms with Crippen molar-refractivity contribution in [2.75, 3.05) is 20.3 Å². The van der Waals surface area contributed by atoms with Gasteiger partial charge in [-0.2, -0.15) is 8.42 Å². The first-order valence-corrected chi connectivity index (χ1v) is 15.2. The summed E-state index contributed by atoms with van der Waals surface area (Å²) in [5.74, 6) is 0.884. The molecular weight excluding hydrogens is 520 g/mol. The number of carbonyl (C=O) groups excluding carboxylic acids is 1. The van der Waals surface area contributed by atoms with Gasteiger partial charge in [-0.3, -0.25) is 9.69 Å². The summed E-state index contributed by atoms with van der Waals surface area (Å²) in [4.78, 5) is 14.9. The van der Waals surface area contributed by atoms with E-state index < -0.39 is 10.0 Å². The van der Waals surface area contributed by atoms with Gasteiger partial charge in [-0.15, -0.1) is 11.0 Å². The minimum atomic E-state index is -3.98. The van der Waals surface area contributed by atoms with E-state index in [4.69, 9.17) is 9.47 Å². The Hall–Kier alpha value is -3.04. The molecule has 1 saturated heterocycles. The molecule has 9 heteroatoms. The molecule has 2 aromatic carbocycles. The molecule has 2 aromatic rings. The minimum absolute atomic E-state index is 0.0643. The smallest absolute Gasteiger partial charge is 0.284 e. The number of hydrogen-bond acceptors (Lipinski definition) is 6. The second-order valence-electron chi connectivity index (χ2n) is 8.86. The van der Waals surface area contributed by atoms with Gasteiger partial charge in [0.2, 0.25) is 0 Å². The Bertz CT molecular complexity index is 1260. The van der Waals surface area contributed by atoms with Gasteiger partial charge < -0.3 is 9.47 Å². The Kier molecular flexibility index (Phi) is 11.5. The van der Waals surface area contributed by atoms with Crippen LogP contribution in [0.2, 0.25) is 0 Å². The van der Waals surface area contributed by atoms with E-state index in [1.54, 1.807) is 37.5 Å². The highest BCUT2D eigenvalue weighted by atomic mass is 32.2. The molecule has 1 aliphatic heterocycles. The van der Waals surface area contributed by atoms with Crippen molar-refractivity contribution < 1.29 is 22.7 Å². The number of benzene rings is 2. The van der Waals surface area contributed by atoms with E-state index in [-0.39, 0.29) is 22.5 Å². The van der Waals surface area contributed by atoms with Crippen LogP contribution in [0, 0.1) is 0 Å². The van der Waals surface area contributed by atoms with Crippen molar-refractivity contribution in [3.05, 3.63) is 71.7 Å². The second kappa shape index (κ2) is 14.8. The van der Waals surface area contributed by atoms with Crippen molar-refractivity contribution in [2.24, 2.45) is 4.40 Å². The lowest BCUT2D eigenvalue weighted by Gasteiger charge is -2.12. The number of unbranched alkanes of at least 4 members (excludes halogenated alkanes) is 6. The van der Waals surface area contributed by atoms with Gasteiger partial charge in [0.05, 0.1) is 23.5 Å². The molecule has 0 spiro atoms. The first kappa shape index (κ1) is 29.5. The molecule has 0 unspecified atom stereocenters. The van der Waals surface area contributed by atoms with Crippen molar-refractivity contribution in [3.63, 3.8) is 0 Å². The lowest BCUT2D eigenvalue weighted by atomic mass is 10.1. The van der Waals surface area contributed by atoms with E-state index >= 15 is 0 Å². The monoisotopic (exact) mass is 556 g/mol. The molecular formula is C29H36N2O5S2. The van der Waals surface area contributed by atoms with Crippen LogP contribution in [0.4, 0.5) is 0 Å². The minimum Gasteiger partial charge on any atom is -0.493 e. The number of rotatable bonds is 15. The summed E-state index contributed by atoms with van der Waals surface area (Å²) < 4.78 is 41.1. The van der Waals surface area contributed by atoms with E-state index in [2.05, 4.69) is 17.9 Å². The van der Waals surface area contributed by atoms with E-state index in [1.165, 1.54) is 55.2 Å². The molecule has 0 aliphatic carbocycles. The Balaban J connectivity index is 1.75. The van der Waals surface area contributed by atoms with Gasteiger partial charge in [-0.05, 0) is 54.1 Å². The largest absolute Gasteiger partial charge is 0.493 e. The normalized spacial score (nSPS) is 15.8. The van der Waals surface area contributed by atoms with Gasteiger partial charge in [0.25, 0.3) is 15.9 Å². The maximum absolute atomic E-state index is 13.1. The van der Waals surface area contributed by atoms with Crippen LogP contribution in [0.25, 0.3) is 6.08 Å². The van der Waals surface area contributed by atoms with Crippen LogP contribution in [0.5, 0.6) is 11.5 Å². The lowest BCUT2D eigenvalue weighted by molar-refractivity contribution is -0.121. The first-order valence-electron chi connectivity index (χ1n) is 12.9. The Morgan fingerprint density at radius 2 is 1.71 bits per heavy atom. The van der Waals surface area contributed by atoms with Crippen molar-refractivity contribution in [1.82, 2.24) is 4.90 Å². The average Bonchev–Trinajstić information content (AvgIpc) is 3.19. The third kappa shape index (κ3) is 8.23. The van der Waals surface area contributed by atoms with Crippen LogP contribution in [0.3, 0.4) is 0 Å². The van der Waals surface area contributed by atoms with Crippen LogP contribution in [-0.2, 0) is 14.8 Å². The molecule has 1 amide bonds. The predicted molar refractivity (Wildman–Crippen MR) is 155 cm³/mol. The second-order valence-corrected chi connectivity index (χ2v) is 11.5. The quantitative estimate of drug-likeness (QED) is 0.138. The summed E-state index contributed by atoms with van der Waals surface area (Å²) in [5, 5.41) is 0.0916. The Labute approximate surface area is 230 Å². The zero-order chi connectivity index (χ0) is 27.4. The van der Waals surface area contributed by atoms with Gasteiger partial charge in [-0.25, -0.2) is 0 Å². The number of methoxy groups -OCH3 is 1. The van der Waals surface area contributed by atoms with Crippen molar-refractivity contribution in [3.8, 4) is 11.5 Å². The summed E-state index contributed by atoms with van der Waals surface area (Å²) in [7, 11) is -2.39. The maximum Gasteiger partial charge on any atom is 0.284 e. The van der Waals surface area contributed by atoms with E-state index in [0.29, 0.717) is 23.0 Å². The third-order valence-corrected chi connectivity index (χ3v) is 8.33. The summed E-state index contributed by atoms with van der Waals surface area (Å²) in [6.07, 6.45) is 11.6. The fourth-order valence-electron chi connectivity index (χ4n) is 3.90. The van der Waals surface area contributed by atoms with Crippen molar-refractivity contribution in [2.45, 2.75) is 56.8 Å². The number of nitrogens with zero attached hydrogens (tertiary/aromatic N) is 2. The highest BCUT2D eigenvalue weighted by Gasteiger charge is 2.34. The van der Waals surface area contributed by atoms with Gasteiger partial charge in [0.1, 0.15) is 0 Å². The molecule has 3 rings (SSSR count). The van der Waals surface area contributed by atoms with Gasteiger partial charge >= 0.3 is 0 Å². The molecule has 0 bridgehead atoms. The zero-order valence-electron chi connectivity index (χ0n) is 22.1. The Morgan fingerprint density at radius 3 is 2.39 bits per heavy atom. The van der Waals surface area contributed by atoms with Crippen molar-refractivity contribution in [1.29, 1.82) is 0 Å². The molecule has 1 fully saturated rings. The van der Waals surface area contributed by atoms with E-state index in [9.17, 15) is 13.2 Å². The SMILES string of the molecule is C=CCN1C(=O)C(=Cc2ccc(OC)c(OCCCCCCCCC)c2)SC1=NS(=O)(=O)c1ccccc1. The van der Waals surface area contributed by atoms with Crippen LogP contribution < -0.4 is 9.47 Å². The average molecular weight is 557 g/mol. The van der Waals surface area contributed by atoms with Crippen molar-refractivity contribution >= 4 is 38.9 Å². The molecule has 38 heavy (non-hydrogen) atoms. The summed E-state index contributed by atoms with van der Waals surface area (Å²) in [5.41, 5.74) is 0.738. The maximum atomic E-state index is 13.1. The third-order valence-electron chi connectivity index (χ3n) is 5.93. The van der Waals surface area contributed by atoms with Crippen LogP contribution >= 0.6 is 11.8 Å². The molecule has 1 heterocycles. The molecule has 0 atom stereocenters. The molecule has 0 aromatic heterocycles. The van der Waals surface area contributed by atoms with Crippen LogP contribution in [-0.4, -0.2) is 44.7 Å². The zero-order valence-corrected chi connectivity index (χ0v) is 23.7. The number of thioether (sulfide) groups is 1. The molecule has 7 nitrogen and oxygen atoms in total. The molecule has 0 radical (unpaired) electrons. The molecule has 0 saturated carbocycles. The highest BCUT2D eigenvalue weighted by Crippen LogP contribution is 2.35. The number of amides is 1. The molecule has 204 valence electrons. The fraction of sp³-hybridized carbons (Fsp3) is 0.379. The number of carbonyl (C=O) groups is 1. The topological polar surface area (TPSA) is 85.3 Å². The Morgan fingerprint density at radius 1 is 1.00 bits per heavy atom. The number of amidine groups is 1. The molecule has 1 aliphatic rings. The highest BCUT2D eigenvalue weighted by molar-refractivity contribution is 8.19. The van der Waals surface area contributed by atoms with E-state index in [1.807, 2.05) is 12.1 Å². The number of hydrogen-bond donors (Lipinski definition) is 0. The first-order chi connectivity index (χ1) is 18.4. The summed E-state index contributed by atoms with van der Waals surface area (Å²) in [6.45, 7) is 6.63. The van der Waals surface area contributed by atoms with Gasteiger partial charge in [0.15, 0.2) is 16.7 Å². The number of sulfonamides is 1. The van der Waals surface area contributed by atoms with E-state index in [0.717, 1.165) is 30.2 Å². The summed E-state index contributed by atoms with van der Waals surface area (Å²) in [6, 6.07) is 13.4. The number of ether oxygens (including phenoxy) is 2. The van der Waals surface area contributed by atoms with Gasteiger partial charge in [-0.1, -0.05) is 75.8 Å². The standard InChI is InChI=1S/C29H36N2O5S2/c1-4-6-7-8-9-10-14-20-36-26-21-23(17-18-25(26)35-3)22-27-28(32)31(19-5-2)29(37-27)30-38(33,34)24-15-12-11-13-16-24/h5,11-13,15-18,21-22H,2,4,6-10,14,19-20H2,1,3H3. The predicted octanol–water partition coefficient (Wildman–Crippen LogP) is 6.67. The van der Waals surface area contributed by atoms with Gasteiger partial charge in [0, 0.05) is 6.54 Å². The summed E-state index contributed by atoms with van der Waals surface area (Å²) >= 11 is 1.02. The van der Waals surface area contributed by atoms with Crippen LogP contribution in [0.1, 0.15) is 57.4 Å².